The van der Waals surface area contributed by atoms with Crippen molar-refractivity contribution in [1.82, 2.24) is 15.3 Å². The summed E-state index contributed by atoms with van der Waals surface area (Å²) < 4.78 is 22.9. The Morgan fingerprint density at radius 2 is 2.17 bits per heavy atom. The summed E-state index contributed by atoms with van der Waals surface area (Å²) in [5.41, 5.74) is 1.57. The maximum atomic E-state index is 11.4. The standard InChI is InChI=1S/C12H17N3O2S/c1-3-13-7-6-12-14-10-5-4-9(18(2,16)17)8-11(10)15-12/h4-5,8,13H,3,6-7H2,1-2H3,(H,14,15). The van der Waals surface area contributed by atoms with Crippen LogP contribution in [0.15, 0.2) is 23.1 Å². The van der Waals surface area contributed by atoms with Crippen LogP contribution in [0.4, 0.5) is 0 Å². The largest absolute Gasteiger partial charge is 0.342 e. The first-order chi connectivity index (χ1) is 8.50. The van der Waals surface area contributed by atoms with Gasteiger partial charge >= 0.3 is 0 Å². The normalized spacial score (nSPS) is 12.1. The number of imidazole rings is 1. The molecule has 2 N–H and O–H groups in total. The van der Waals surface area contributed by atoms with E-state index in [1.165, 1.54) is 6.26 Å². The van der Waals surface area contributed by atoms with Crippen LogP contribution in [0.25, 0.3) is 11.0 Å². The zero-order chi connectivity index (χ0) is 13.2. The van der Waals surface area contributed by atoms with E-state index in [4.69, 9.17) is 0 Å². The van der Waals surface area contributed by atoms with Crippen LogP contribution >= 0.6 is 0 Å². The number of benzene rings is 1. The Kier molecular flexibility index (Phi) is 3.68. The van der Waals surface area contributed by atoms with Crippen molar-refractivity contribution in [1.29, 1.82) is 0 Å². The van der Waals surface area contributed by atoms with E-state index in [-0.39, 0.29) is 0 Å². The third-order valence-corrected chi connectivity index (χ3v) is 3.83. The average Bonchev–Trinajstić information content (AvgIpc) is 2.69. The summed E-state index contributed by atoms with van der Waals surface area (Å²) in [7, 11) is -3.17. The van der Waals surface area contributed by atoms with E-state index in [0.29, 0.717) is 4.90 Å². The Hall–Kier alpha value is -1.40. The number of nitrogens with one attached hydrogen (secondary N) is 2. The number of H-pyrrole nitrogens is 1. The molecule has 0 aliphatic heterocycles. The quantitative estimate of drug-likeness (QED) is 0.796. The van der Waals surface area contributed by atoms with Gasteiger partial charge in [-0.3, -0.25) is 0 Å². The molecule has 98 valence electrons. The number of sulfone groups is 1. The van der Waals surface area contributed by atoms with Gasteiger partial charge in [0.1, 0.15) is 5.82 Å². The van der Waals surface area contributed by atoms with E-state index in [9.17, 15) is 8.42 Å². The van der Waals surface area contributed by atoms with E-state index in [1.54, 1.807) is 18.2 Å². The smallest absolute Gasteiger partial charge is 0.175 e. The molecule has 0 radical (unpaired) electrons. The summed E-state index contributed by atoms with van der Waals surface area (Å²) in [5.74, 6) is 0.872. The van der Waals surface area contributed by atoms with Gasteiger partial charge in [0.25, 0.3) is 0 Å². The molecule has 5 nitrogen and oxygen atoms in total. The van der Waals surface area contributed by atoms with Crippen LogP contribution in [0.5, 0.6) is 0 Å². The second-order valence-corrected chi connectivity index (χ2v) is 6.25. The molecule has 1 aromatic heterocycles. The number of nitrogens with zero attached hydrogens (tertiary/aromatic N) is 1. The van der Waals surface area contributed by atoms with Gasteiger partial charge in [-0.25, -0.2) is 13.4 Å². The van der Waals surface area contributed by atoms with Gasteiger partial charge in [0.05, 0.1) is 15.9 Å². The monoisotopic (exact) mass is 267 g/mol. The number of hydrogen-bond donors (Lipinski definition) is 2. The van der Waals surface area contributed by atoms with Crippen LogP contribution in [0.1, 0.15) is 12.7 Å². The predicted molar refractivity (Wildman–Crippen MR) is 71.5 cm³/mol. The molecule has 2 rings (SSSR count). The molecule has 0 amide bonds. The van der Waals surface area contributed by atoms with Crippen molar-refractivity contribution in [3.8, 4) is 0 Å². The highest BCUT2D eigenvalue weighted by Crippen LogP contribution is 2.17. The first-order valence-corrected chi connectivity index (χ1v) is 7.79. The van der Waals surface area contributed by atoms with Crippen molar-refractivity contribution >= 4 is 20.9 Å². The van der Waals surface area contributed by atoms with Crippen LogP contribution in [0, 0.1) is 0 Å². The van der Waals surface area contributed by atoms with Crippen molar-refractivity contribution in [3.63, 3.8) is 0 Å². The van der Waals surface area contributed by atoms with Gasteiger partial charge in [-0.15, -0.1) is 0 Å². The van der Waals surface area contributed by atoms with Crippen molar-refractivity contribution < 1.29 is 8.42 Å². The molecular formula is C12H17N3O2S. The van der Waals surface area contributed by atoms with Crippen molar-refractivity contribution in [2.75, 3.05) is 19.3 Å². The van der Waals surface area contributed by atoms with E-state index >= 15 is 0 Å². The van der Waals surface area contributed by atoms with Gasteiger partial charge in [0.15, 0.2) is 9.84 Å². The number of rotatable bonds is 5. The molecule has 0 saturated heterocycles. The Morgan fingerprint density at radius 1 is 1.39 bits per heavy atom. The maximum Gasteiger partial charge on any atom is 0.175 e. The summed E-state index contributed by atoms with van der Waals surface area (Å²) in [6.07, 6.45) is 2.01. The zero-order valence-electron chi connectivity index (χ0n) is 10.5. The lowest BCUT2D eigenvalue weighted by molar-refractivity contribution is 0.602. The fourth-order valence-electron chi connectivity index (χ4n) is 1.77. The Morgan fingerprint density at radius 3 is 2.83 bits per heavy atom. The average molecular weight is 267 g/mol. The van der Waals surface area contributed by atoms with E-state index < -0.39 is 9.84 Å². The molecule has 0 aliphatic rings. The fourth-order valence-corrected chi connectivity index (χ4v) is 2.42. The highest BCUT2D eigenvalue weighted by Gasteiger charge is 2.09. The third-order valence-electron chi connectivity index (χ3n) is 2.72. The van der Waals surface area contributed by atoms with Gasteiger partial charge < -0.3 is 10.3 Å². The predicted octanol–water partition coefficient (Wildman–Crippen LogP) is 1.12. The minimum Gasteiger partial charge on any atom is -0.342 e. The Labute approximate surface area is 107 Å². The van der Waals surface area contributed by atoms with E-state index in [2.05, 4.69) is 22.2 Å². The Balaban J connectivity index is 2.28. The number of aromatic amines is 1. The lowest BCUT2D eigenvalue weighted by Crippen LogP contribution is -2.16. The molecule has 1 heterocycles. The summed E-state index contributed by atoms with van der Waals surface area (Å²) in [6.45, 7) is 3.84. The van der Waals surface area contributed by atoms with Gasteiger partial charge in [-0.1, -0.05) is 6.92 Å². The Bertz CT molecular complexity index is 646. The molecule has 6 heteroatoms. The molecule has 0 saturated carbocycles. The molecule has 0 bridgehead atoms. The van der Waals surface area contributed by atoms with Crippen molar-refractivity contribution in [3.05, 3.63) is 24.0 Å². The van der Waals surface area contributed by atoms with E-state index in [1.807, 2.05) is 0 Å². The van der Waals surface area contributed by atoms with Gasteiger partial charge in [-0.2, -0.15) is 0 Å². The van der Waals surface area contributed by atoms with Crippen LogP contribution in [-0.2, 0) is 16.3 Å². The summed E-state index contributed by atoms with van der Waals surface area (Å²) in [4.78, 5) is 7.89. The lowest BCUT2D eigenvalue weighted by Gasteiger charge is -1.97. The van der Waals surface area contributed by atoms with Crippen molar-refractivity contribution in [2.45, 2.75) is 18.2 Å². The third kappa shape index (κ3) is 2.88. The van der Waals surface area contributed by atoms with Crippen LogP contribution < -0.4 is 5.32 Å². The molecule has 0 spiro atoms. The van der Waals surface area contributed by atoms with Crippen molar-refractivity contribution in [2.24, 2.45) is 0 Å². The number of aromatic nitrogens is 2. The second kappa shape index (κ2) is 5.07. The summed E-state index contributed by atoms with van der Waals surface area (Å²) >= 11 is 0. The van der Waals surface area contributed by atoms with E-state index in [0.717, 1.165) is 36.4 Å². The zero-order valence-corrected chi connectivity index (χ0v) is 11.3. The number of fused-ring (bicyclic) bond motifs is 1. The SMILES string of the molecule is CCNCCc1nc2ccc(S(C)(=O)=O)cc2[nH]1. The highest BCUT2D eigenvalue weighted by molar-refractivity contribution is 7.90. The maximum absolute atomic E-state index is 11.4. The van der Waals surface area contributed by atoms with Crippen LogP contribution in [-0.4, -0.2) is 37.7 Å². The molecule has 0 fully saturated rings. The molecule has 0 unspecified atom stereocenters. The molecular weight excluding hydrogens is 250 g/mol. The molecule has 0 aliphatic carbocycles. The van der Waals surface area contributed by atoms with Crippen LogP contribution in [0.2, 0.25) is 0 Å². The second-order valence-electron chi connectivity index (χ2n) is 4.24. The van der Waals surface area contributed by atoms with Gasteiger partial charge in [-0.05, 0) is 24.7 Å². The first-order valence-electron chi connectivity index (χ1n) is 5.90. The van der Waals surface area contributed by atoms with Gasteiger partial charge in [0, 0.05) is 19.2 Å². The molecule has 18 heavy (non-hydrogen) atoms. The highest BCUT2D eigenvalue weighted by atomic mass is 32.2. The first kappa shape index (κ1) is 13.0. The van der Waals surface area contributed by atoms with Gasteiger partial charge in [0.2, 0.25) is 0 Å². The minimum atomic E-state index is -3.17. The molecule has 2 aromatic rings. The molecule has 1 aromatic carbocycles. The lowest BCUT2D eigenvalue weighted by atomic mass is 10.3. The fraction of sp³-hybridized carbons (Fsp3) is 0.417. The summed E-state index contributed by atoms with van der Waals surface area (Å²) in [6, 6.07) is 4.96. The minimum absolute atomic E-state index is 0.317. The number of hydrogen-bond acceptors (Lipinski definition) is 4. The topological polar surface area (TPSA) is 74.8 Å². The molecule has 0 atom stereocenters. The van der Waals surface area contributed by atoms with Crippen LogP contribution in [0.3, 0.4) is 0 Å². The summed E-state index contributed by atoms with van der Waals surface area (Å²) in [5, 5.41) is 3.22. The number of likely N-dealkylation sites (N-methyl/N-ethyl adjacent to an activating group) is 1.